The van der Waals surface area contributed by atoms with Crippen molar-refractivity contribution in [3.63, 3.8) is 0 Å². The molecule has 0 fully saturated rings. The number of nitrogens with two attached hydrogens (primary N) is 1. The first kappa shape index (κ1) is 17.7. The highest BCUT2D eigenvalue weighted by Gasteiger charge is 2.12. The summed E-state index contributed by atoms with van der Waals surface area (Å²) >= 11 is 3.47. The first-order valence-electron chi connectivity index (χ1n) is 7.66. The maximum atomic E-state index is 5.70. The van der Waals surface area contributed by atoms with Gasteiger partial charge in [0.25, 0.3) is 0 Å². The lowest BCUT2D eigenvalue weighted by atomic mass is 9.88. The van der Waals surface area contributed by atoms with Gasteiger partial charge in [0.15, 0.2) is 0 Å². The molecule has 0 amide bonds. The van der Waals surface area contributed by atoms with Gasteiger partial charge in [0, 0.05) is 11.0 Å². The quantitative estimate of drug-likeness (QED) is 0.726. The van der Waals surface area contributed by atoms with Gasteiger partial charge in [0.1, 0.15) is 0 Å². The third-order valence-electron chi connectivity index (χ3n) is 3.96. The van der Waals surface area contributed by atoms with E-state index in [1.807, 2.05) is 0 Å². The van der Waals surface area contributed by atoms with Gasteiger partial charge in [-0.05, 0) is 68.9 Å². The molecule has 0 saturated carbocycles. The van der Waals surface area contributed by atoms with Crippen molar-refractivity contribution < 1.29 is 0 Å². The fourth-order valence-corrected chi connectivity index (χ4v) is 2.89. The molecule has 1 aromatic rings. The molecule has 114 valence electrons. The second-order valence-electron chi connectivity index (χ2n) is 6.09. The van der Waals surface area contributed by atoms with Crippen molar-refractivity contribution in [2.45, 2.75) is 39.7 Å². The lowest BCUT2D eigenvalue weighted by Crippen LogP contribution is -2.21. The highest BCUT2D eigenvalue weighted by atomic mass is 79.9. The summed E-state index contributed by atoms with van der Waals surface area (Å²) in [5, 5.41) is 0. The molecule has 1 aromatic carbocycles. The molecule has 0 aliphatic heterocycles. The Morgan fingerprint density at radius 2 is 1.80 bits per heavy atom. The van der Waals surface area contributed by atoms with Gasteiger partial charge in [-0.1, -0.05) is 41.9 Å². The Balaban J connectivity index is 2.28. The van der Waals surface area contributed by atoms with Gasteiger partial charge in [0.2, 0.25) is 0 Å². The van der Waals surface area contributed by atoms with Gasteiger partial charge in [-0.25, -0.2) is 0 Å². The lowest BCUT2D eigenvalue weighted by molar-refractivity contribution is 0.278. The van der Waals surface area contributed by atoms with Crippen molar-refractivity contribution in [1.82, 2.24) is 4.90 Å². The first-order valence-corrected chi connectivity index (χ1v) is 8.45. The van der Waals surface area contributed by atoms with Crippen LogP contribution in [0.15, 0.2) is 28.7 Å². The van der Waals surface area contributed by atoms with E-state index in [0.29, 0.717) is 0 Å². The molecule has 0 spiro atoms. The largest absolute Gasteiger partial charge is 0.330 e. The van der Waals surface area contributed by atoms with Crippen LogP contribution in [-0.4, -0.2) is 25.0 Å². The summed E-state index contributed by atoms with van der Waals surface area (Å²) in [7, 11) is 2.20. The standard InChI is InChI=1S/C17H29BrN2/c1-14(2)16(10-11-19)5-4-12-20(3)13-15-6-8-17(18)9-7-15/h6-9,14,16H,4-5,10-13,19H2,1-3H3. The van der Waals surface area contributed by atoms with Gasteiger partial charge in [-0.2, -0.15) is 0 Å². The second-order valence-corrected chi connectivity index (χ2v) is 7.00. The van der Waals surface area contributed by atoms with Gasteiger partial charge in [-0.15, -0.1) is 0 Å². The average molecular weight is 341 g/mol. The molecule has 2 nitrogen and oxygen atoms in total. The molecule has 3 heteroatoms. The molecule has 1 atom stereocenters. The minimum atomic E-state index is 0.746. The van der Waals surface area contributed by atoms with Gasteiger partial charge in [0.05, 0.1) is 0 Å². The predicted molar refractivity (Wildman–Crippen MR) is 91.7 cm³/mol. The van der Waals surface area contributed by atoms with Crippen LogP contribution in [0.1, 0.15) is 38.7 Å². The van der Waals surface area contributed by atoms with Gasteiger partial charge >= 0.3 is 0 Å². The average Bonchev–Trinajstić information content (AvgIpc) is 2.40. The van der Waals surface area contributed by atoms with E-state index < -0.39 is 0 Å². The van der Waals surface area contributed by atoms with Crippen LogP contribution >= 0.6 is 15.9 Å². The molecule has 0 saturated heterocycles. The molecule has 0 aromatic heterocycles. The third kappa shape index (κ3) is 6.87. The number of nitrogens with zero attached hydrogens (tertiary/aromatic N) is 1. The van der Waals surface area contributed by atoms with Crippen molar-refractivity contribution in [2.75, 3.05) is 20.1 Å². The van der Waals surface area contributed by atoms with Crippen molar-refractivity contribution in [3.05, 3.63) is 34.3 Å². The van der Waals surface area contributed by atoms with E-state index >= 15 is 0 Å². The SMILES string of the molecule is CC(C)C(CCN)CCCN(C)Cc1ccc(Br)cc1. The molecule has 2 N–H and O–H groups in total. The Labute approximate surface area is 132 Å². The topological polar surface area (TPSA) is 29.3 Å². The van der Waals surface area contributed by atoms with Crippen LogP contribution in [0.25, 0.3) is 0 Å². The zero-order valence-corrected chi connectivity index (χ0v) is 14.7. The fourth-order valence-electron chi connectivity index (χ4n) is 2.63. The zero-order valence-electron chi connectivity index (χ0n) is 13.1. The minimum Gasteiger partial charge on any atom is -0.330 e. The smallest absolute Gasteiger partial charge is 0.0230 e. The van der Waals surface area contributed by atoms with Crippen LogP contribution in [0, 0.1) is 11.8 Å². The second kappa shape index (κ2) is 9.54. The molecule has 0 aliphatic rings. The first-order chi connectivity index (χ1) is 9.52. The fraction of sp³-hybridized carbons (Fsp3) is 0.647. The third-order valence-corrected chi connectivity index (χ3v) is 4.49. The summed E-state index contributed by atoms with van der Waals surface area (Å²) in [6.45, 7) is 7.62. The molecule has 0 heterocycles. The normalized spacial score (nSPS) is 13.2. The van der Waals surface area contributed by atoms with Gasteiger partial charge < -0.3 is 10.6 Å². The Hall–Kier alpha value is -0.380. The zero-order chi connectivity index (χ0) is 15.0. The van der Waals surface area contributed by atoms with E-state index in [9.17, 15) is 0 Å². The number of hydrogen-bond acceptors (Lipinski definition) is 2. The molecule has 0 bridgehead atoms. The molecule has 0 aliphatic carbocycles. The number of halogens is 1. The van der Waals surface area contributed by atoms with E-state index in [2.05, 4.69) is 66.0 Å². The van der Waals surface area contributed by atoms with Crippen molar-refractivity contribution >= 4 is 15.9 Å². The van der Waals surface area contributed by atoms with E-state index in [-0.39, 0.29) is 0 Å². The molecular formula is C17H29BrN2. The summed E-state index contributed by atoms with van der Waals surface area (Å²) in [5.41, 5.74) is 7.07. The van der Waals surface area contributed by atoms with Crippen molar-refractivity contribution in [2.24, 2.45) is 17.6 Å². The highest BCUT2D eigenvalue weighted by molar-refractivity contribution is 9.10. The van der Waals surface area contributed by atoms with Crippen LogP contribution < -0.4 is 5.73 Å². The number of rotatable bonds is 9. The summed E-state index contributed by atoms with van der Waals surface area (Å²) in [6.07, 6.45) is 3.71. The maximum absolute atomic E-state index is 5.70. The molecule has 0 radical (unpaired) electrons. The number of benzene rings is 1. The van der Waals surface area contributed by atoms with E-state index in [0.717, 1.165) is 42.4 Å². The Kier molecular flexibility index (Phi) is 8.43. The lowest BCUT2D eigenvalue weighted by Gasteiger charge is -2.22. The summed E-state index contributed by atoms with van der Waals surface area (Å²) in [5.74, 6) is 1.52. The Morgan fingerprint density at radius 1 is 1.15 bits per heavy atom. The summed E-state index contributed by atoms with van der Waals surface area (Å²) in [4.78, 5) is 2.41. The molecular weight excluding hydrogens is 312 g/mol. The molecule has 20 heavy (non-hydrogen) atoms. The van der Waals surface area contributed by atoms with E-state index in [4.69, 9.17) is 5.73 Å². The maximum Gasteiger partial charge on any atom is 0.0230 e. The number of hydrogen-bond donors (Lipinski definition) is 1. The van der Waals surface area contributed by atoms with Crippen LogP contribution in [0.2, 0.25) is 0 Å². The van der Waals surface area contributed by atoms with E-state index in [1.54, 1.807) is 0 Å². The van der Waals surface area contributed by atoms with Crippen LogP contribution in [-0.2, 0) is 6.54 Å². The van der Waals surface area contributed by atoms with Crippen LogP contribution in [0.3, 0.4) is 0 Å². The Bertz CT molecular complexity index is 362. The predicted octanol–water partition coefficient (Wildman–Crippen LogP) is 4.28. The monoisotopic (exact) mass is 340 g/mol. The van der Waals surface area contributed by atoms with Crippen LogP contribution in [0.5, 0.6) is 0 Å². The highest BCUT2D eigenvalue weighted by Crippen LogP contribution is 2.20. The van der Waals surface area contributed by atoms with E-state index in [1.165, 1.54) is 18.4 Å². The van der Waals surface area contributed by atoms with Crippen molar-refractivity contribution in [1.29, 1.82) is 0 Å². The van der Waals surface area contributed by atoms with Gasteiger partial charge in [-0.3, -0.25) is 0 Å². The Morgan fingerprint density at radius 3 is 2.35 bits per heavy atom. The summed E-state index contributed by atoms with van der Waals surface area (Å²) in [6, 6.07) is 8.59. The minimum absolute atomic E-state index is 0.746. The summed E-state index contributed by atoms with van der Waals surface area (Å²) < 4.78 is 1.14. The molecule has 1 unspecified atom stereocenters. The van der Waals surface area contributed by atoms with Crippen LogP contribution in [0.4, 0.5) is 0 Å². The molecule has 1 rings (SSSR count). The van der Waals surface area contributed by atoms with Crippen molar-refractivity contribution in [3.8, 4) is 0 Å².